The average Bonchev–Trinajstić information content (AvgIpc) is 3.18. The summed E-state index contributed by atoms with van der Waals surface area (Å²) < 4.78 is 17.7. The molecule has 1 aliphatic rings. The maximum absolute atomic E-state index is 13.6. The first-order chi connectivity index (χ1) is 17.5. The normalized spacial score (nSPS) is 15.0. The van der Waals surface area contributed by atoms with Crippen molar-refractivity contribution in [3.8, 4) is 5.75 Å². The van der Waals surface area contributed by atoms with Crippen LogP contribution in [0, 0.1) is 0 Å². The van der Waals surface area contributed by atoms with Crippen LogP contribution in [0.2, 0.25) is 0 Å². The van der Waals surface area contributed by atoms with Gasteiger partial charge in [0.1, 0.15) is 17.9 Å². The van der Waals surface area contributed by atoms with Gasteiger partial charge in [0.2, 0.25) is 5.76 Å². The second-order valence-electron chi connectivity index (χ2n) is 9.19. The second kappa shape index (κ2) is 10.4. The first-order valence-corrected chi connectivity index (χ1v) is 12.3. The van der Waals surface area contributed by atoms with Crippen LogP contribution < -0.4 is 10.2 Å². The Morgan fingerprint density at radius 2 is 1.72 bits per heavy atom. The van der Waals surface area contributed by atoms with Crippen LogP contribution >= 0.6 is 0 Å². The lowest BCUT2D eigenvalue weighted by Crippen LogP contribution is -2.31. The minimum absolute atomic E-state index is 0.110. The summed E-state index contributed by atoms with van der Waals surface area (Å²) in [7, 11) is 0. The smallest absolute Gasteiger partial charge is 0.290 e. The van der Waals surface area contributed by atoms with E-state index in [9.17, 15) is 9.59 Å². The largest absolute Gasteiger partial charge is 0.489 e. The van der Waals surface area contributed by atoms with Crippen molar-refractivity contribution in [2.75, 3.05) is 13.2 Å². The Hall–Kier alpha value is -3.90. The fourth-order valence-electron chi connectivity index (χ4n) is 4.61. The zero-order chi connectivity index (χ0) is 25.1. The molecule has 0 saturated heterocycles. The van der Waals surface area contributed by atoms with Gasteiger partial charge in [0, 0.05) is 13.2 Å². The first kappa shape index (κ1) is 23.8. The summed E-state index contributed by atoms with van der Waals surface area (Å²) in [6.45, 7) is 5.34. The number of fused-ring (bicyclic) bond motifs is 2. The van der Waals surface area contributed by atoms with Gasteiger partial charge in [-0.3, -0.25) is 9.59 Å². The number of amides is 1. The van der Waals surface area contributed by atoms with Crippen LogP contribution in [-0.2, 0) is 11.3 Å². The summed E-state index contributed by atoms with van der Waals surface area (Å²) >= 11 is 0. The van der Waals surface area contributed by atoms with Gasteiger partial charge in [-0.1, -0.05) is 54.6 Å². The first-order valence-electron chi connectivity index (χ1n) is 12.3. The molecule has 0 saturated carbocycles. The fraction of sp³-hybridized carbons (Fsp3) is 0.267. The number of ether oxygens (including phenoxy) is 2. The minimum atomic E-state index is -0.562. The average molecular weight is 484 g/mol. The number of carbonyl (C=O) groups is 1. The van der Waals surface area contributed by atoms with Crippen LogP contribution in [0.3, 0.4) is 0 Å². The monoisotopic (exact) mass is 483 g/mol. The maximum Gasteiger partial charge on any atom is 0.290 e. The highest BCUT2D eigenvalue weighted by atomic mass is 16.5. The molecule has 0 N–H and O–H groups in total. The molecule has 0 radical (unpaired) electrons. The Balaban J connectivity index is 1.51. The molecule has 1 aromatic heterocycles. The Morgan fingerprint density at radius 1 is 0.944 bits per heavy atom. The van der Waals surface area contributed by atoms with Crippen LogP contribution in [0.5, 0.6) is 5.75 Å². The molecular weight excluding hydrogens is 454 g/mol. The molecule has 0 unspecified atom stereocenters. The van der Waals surface area contributed by atoms with Crippen molar-refractivity contribution in [1.82, 2.24) is 4.90 Å². The third-order valence-corrected chi connectivity index (χ3v) is 6.29. The highest BCUT2D eigenvalue weighted by Gasteiger charge is 2.42. The fourth-order valence-corrected chi connectivity index (χ4v) is 4.61. The van der Waals surface area contributed by atoms with Gasteiger partial charge in [0.25, 0.3) is 5.91 Å². The van der Waals surface area contributed by atoms with Gasteiger partial charge in [0.15, 0.2) is 5.43 Å². The Kier molecular flexibility index (Phi) is 6.87. The van der Waals surface area contributed by atoms with Gasteiger partial charge in [0.05, 0.1) is 23.1 Å². The van der Waals surface area contributed by atoms with E-state index < -0.39 is 6.04 Å². The van der Waals surface area contributed by atoms with E-state index in [1.807, 2.05) is 68.4 Å². The van der Waals surface area contributed by atoms with E-state index in [0.29, 0.717) is 48.5 Å². The van der Waals surface area contributed by atoms with E-state index >= 15 is 0 Å². The lowest BCUT2D eigenvalue weighted by atomic mass is 9.98. The maximum atomic E-state index is 13.6. The van der Waals surface area contributed by atoms with Crippen molar-refractivity contribution in [3.63, 3.8) is 0 Å². The molecule has 1 amide bonds. The van der Waals surface area contributed by atoms with E-state index in [4.69, 9.17) is 13.9 Å². The summed E-state index contributed by atoms with van der Waals surface area (Å²) in [5.41, 5.74) is 2.48. The van der Waals surface area contributed by atoms with E-state index in [1.165, 1.54) is 0 Å². The molecule has 184 valence electrons. The zero-order valence-corrected chi connectivity index (χ0v) is 20.5. The molecule has 1 aliphatic heterocycles. The second-order valence-corrected chi connectivity index (χ2v) is 9.19. The minimum Gasteiger partial charge on any atom is -0.489 e. The van der Waals surface area contributed by atoms with E-state index in [0.717, 1.165) is 11.1 Å². The quantitative estimate of drug-likeness (QED) is 0.284. The zero-order valence-electron chi connectivity index (χ0n) is 20.5. The number of nitrogens with zero attached hydrogens (tertiary/aromatic N) is 1. The van der Waals surface area contributed by atoms with Crippen LogP contribution in [0.25, 0.3) is 11.0 Å². The van der Waals surface area contributed by atoms with Crippen LogP contribution in [0.15, 0.2) is 88.1 Å². The third-order valence-electron chi connectivity index (χ3n) is 6.29. The van der Waals surface area contributed by atoms with Crippen molar-refractivity contribution in [1.29, 1.82) is 0 Å². The van der Waals surface area contributed by atoms with Crippen LogP contribution in [-0.4, -0.2) is 30.1 Å². The predicted molar refractivity (Wildman–Crippen MR) is 138 cm³/mol. The topological polar surface area (TPSA) is 69.0 Å². The molecule has 4 aromatic rings. The number of hydrogen-bond acceptors (Lipinski definition) is 5. The number of para-hydroxylation sites is 1. The molecule has 0 bridgehead atoms. The van der Waals surface area contributed by atoms with Crippen LogP contribution in [0.1, 0.15) is 53.6 Å². The van der Waals surface area contributed by atoms with Gasteiger partial charge >= 0.3 is 0 Å². The van der Waals surface area contributed by atoms with Crippen molar-refractivity contribution >= 4 is 16.9 Å². The number of benzene rings is 3. The molecule has 6 heteroatoms. The van der Waals surface area contributed by atoms with Gasteiger partial charge in [-0.2, -0.15) is 0 Å². The third kappa shape index (κ3) is 4.77. The molecule has 0 aliphatic carbocycles. The predicted octanol–water partition coefficient (Wildman–Crippen LogP) is 5.73. The van der Waals surface area contributed by atoms with Crippen molar-refractivity contribution in [2.45, 2.75) is 39.0 Å². The number of carbonyl (C=O) groups excluding carboxylic acids is 1. The molecule has 6 nitrogen and oxygen atoms in total. The van der Waals surface area contributed by atoms with E-state index in [1.54, 1.807) is 29.2 Å². The molecule has 0 fully saturated rings. The summed E-state index contributed by atoms with van der Waals surface area (Å²) in [5, 5.41) is 0.468. The highest BCUT2D eigenvalue weighted by Crippen LogP contribution is 2.39. The van der Waals surface area contributed by atoms with Gasteiger partial charge in [-0.25, -0.2) is 0 Å². The van der Waals surface area contributed by atoms with Crippen molar-refractivity contribution in [3.05, 3.63) is 112 Å². The van der Waals surface area contributed by atoms with Crippen LogP contribution in [0.4, 0.5) is 0 Å². The van der Waals surface area contributed by atoms with E-state index in [-0.39, 0.29) is 23.2 Å². The SMILES string of the molecule is CC(C)OCCCN1C(=O)c2oc3ccccc3c(=O)c2[C@H]1c1cccc(OCc2ccccc2)c1. The molecule has 0 spiro atoms. The lowest BCUT2D eigenvalue weighted by Gasteiger charge is -2.25. The lowest BCUT2D eigenvalue weighted by molar-refractivity contribution is 0.0593. The Morgan fingerprint density at radius 3 is 2.53 bits per heavy atom. The number of hydrogen-bond donors (Lipinski definition) is 0. The summed E-state index contributed by atoms with van der Waals surface area (Å²) in [5.74, 6) is 0.507. The molecule has 36 heavy (non-hydrogen) atoms. The standard InChI is InChI=1S/C30H29NO5/c1-20(2)34-17-9-16-31-27(22-12-8-13-23(18-22)35-19-21-10-4-3-5-11-21)26-28(32)24-14-6-7-15-25(24)36-29(26)30(31)33/h3-8,10-15,18,20,27H,9,16-17,19H2,1-2H3/t27-/m1/s1. The van der Waals surface area contributed by atoms with Gasteiger partial charge in [-0.15, -0.1) is 0 Å². The Bertz CT molecular complexity index is 1430. The molecule has 1 atom stereocenters. The Labute approximate surface area is 210 Å². The molecule has 5 rings (SSSR count). The summed E-state index contributed by atoms with van der Waals surface area (Å²) in [6.07, 6.45) is 0.756. The van der Waals surface area contributed by atoms with Gasteiger partial charge < -0.3 is 18.8 Å². The van der Waals surface area contributed by atoms with Crippen molar-refractivity contribution in [2.24, 2.45) is 0 Å². The molecule has 3 aromatic carbocycles. The van der Waals surface area contributed by atoms with Crippen molar-refractivity contribution < 1.29 is 18.7 Å². The molecular formula is C30H29NO5. The highest BCUT2D eigenvalue weighted by molar-refractivity contribution is 5.99. The van der Waals surface area contributed by atoms with Gasteiger partial charge in [-0.05, 0) is 55.7 Å². The molecule has 2 heterocycles. The number of rotatable bonds is 9. The summed E-state index contributed by atoms with van der Waals surface area (Å²) in [4.78, 5) is 28.9. The van der Waals surface area contributed by atoms with E-state index in [2.05, 4.69) is 0 Å². The summed E-state index contributed by atoms with van der Waals surface area (Å²) in [6, 6.07) is 24.0.